The standard InChI is InChI=1S/C17H31N3O2.HI/c1-13-7-9-17(10-8-13)21-12-15(22-17)11-19-16(18)20-14-5-3-2-4-6-14;/h13-15H,2-12H2,1H3,(H3,18,19,20);1H. The molecule has 1 heterocycles. The van der Waals surface area contributed by atoms with Gasteiger partial charge < -0.3 is 20.5 Å². The van der Waals surface area contributed by atoms with Crippen molar-refractivity contribution >= 4 is 29.9 Å². The van der Waals surface area contributed by atoms with E-state index in [4.69, 9.17) is 15.2 Å². The van der Waals surface area contributed by atoms with E-state index in [9.17, 15) is 0 Å². The fourth-order valence-corrected chi connectivity index (χ4v) is 3.87. The minimum Gasteiger partial charge on any atom is -0.370 e. The number of nitrogens with two attached hydrogens (primary N) is 1. The fraction of sp³-hybridized carbons (Fsp3) is 0.941. The number of hydrogen-bond acceptors (Lipinski definition) is 3. The average molecular weight is 437 g/mol. The number of aliphatic imine (C=N–C) groups is 1. The summed E-state index contributed by atoms with van der Waals surface area (Å²) in [6, 6.07) is 0.504. The maximum atomic E-state index is 6.17. The second-order valence-electron chi connectivity index (χ2n) is 7.35. The molecular weight excluding hydrogens is 405 g/mol. The SMILES string of the molecule is CC1CCC2(CC1)OCC(CN=C(N)NC1CCCCC1)O2.I. The zero-order valence-electron chi connectivity index (χ0n) is 14.3. The first-order valence-electron chi connectivity index (χ1n) is 9.03. The Kier molecular flexibility index (Phi) is 7.41. The summed E-state index contributed by atoms with van der Waals surface area (Å²) in [5, 5.41) is 3.35. The van der Waals surface area contributed by atoms with Crippen LogP contribution in [0.15, 0.2) is 4.99 Å². The number of guanidine groups is 1. The first kappa shape index (κ1) is 19.2. The van der Waals surface area contributed by atoms with Gasteiger partial charge in [0.25, 0.3) is 0 Å². The average Bonchev–Trinajstić information content (AvgIpc) is 2.93. The number of halogens is 1. The second kappa shape index (κ2) is 8.85. The van der Waals surface area contributed by atoms with Crippen LogP contribution in [0.1, 0.15) is 64.7 Å². The third-order valence-electron chi connectivity index (χ3n) is 5.37. The van der Waals surface area contributed by atoms with Crippen molar-refractivity contribution in [2.75, 3.05) is 13.2 Å². The molecule has 3 N–H and O–H groups in total. The molecule has 1 saturated heterocycles. The topological polar surface area (TPSA) is 68.9 Å². The summed E-state index contributed by atoms with van der Waals surface area (Å²) in [7, 11) is 0. The summed E-state index contributed by atoms with van der Waals surface area (Å²) < 4.78 is 12.1. The highest BCUT2D eigenvalue weighted by Crippen LogP contribution is 2.39. The van der Waals surface area contributed by atoms with Gasteiger partial charge in [0.2, 0.25) is 0 Å². The lowest BCUT2D eigenvalue weighted by molar-refractivity contribution is -0.190. The van der Waals surface area contributed by atoms with E-state index >= 15 is 0 Å². The van der Waals surface area contributed by atoms with Gasteiger partial charge in [0.05, 0.1) is 13.2 Å². The molecule has 5 nitrogen and oxygen atoms in total. The molecule has 6 heteroatoms. The normalized spacial score (nSPS) is 36.0. The van der Waals surface area contributed by atoms with Crippen molar-refractivity contribution in [1.29, 1.82) is 0 Å². The van der Waals surface area contributed by atoms with Crippen molar-refractivity contribution in [3.63, 3.8) is 0 Å². The Morgan fingerprint density at radius 3 is 2.57 bits per heavy atom. The highest BCUT2D eigenvalue weighted by atomic mass is 127. The summed E-state index contributed by atoms with van der Waals surface area (Å²) in [6.07, 6.45) is 10.8. The Bertz CT molecular complexity index is 391. The number of nitrogens with zero attached hydrogens (tertiary/aromatic N) is 1. The lowest BCUT2D eigenvalue weighted by atomic mass is 9.86. The third-order valence-corrected chi connectivity index (χ3v) is 5.37. The van der Waals surface area contributed by atoms with Crippen LogP contribution in [0, 0.1) is 5.92 Å². The summed E-state index contributed by atoms with van der Waals surface area (Å²) >= 11 is 0. The third kappa shape index (κ3) is 5.46. The van der Waals surface area contributed by atoms with E-state index in [1.807, 2.05) is 0 Å². The Hall–Kier alpha value is -0.0800. The first-order chi connectivity index (χ1) is 10.7. The summed E-state index contributed by atoms with van der Waals surface area (Å²) in [6.45, 7) is 3.55. The Balaban J connectivity index is 0.00000192. The predicted molar refractivity (Wildman–Crippen MR) is 103 cm³/mol. The molecule has 3 fully saturated rings. The zero-order valence-corrected chi connectivity index (χ0v) is 16.6. The molecule has 0 aromatic heterocycles. The maximum Gasteiger partial charge on any atom is 0.188 e. The summed E-state index contributed by atoms with van der Waals surface area (Å²) in [5.41, 5.74) is 6.01. The van der Waals surface area contributed by atoms with E-state index in [1.165, 1.54) is 44.9 Å². The van der Waals surface area contributed by atoms with Crippen molar-refractivity contribution in [3.05, 3.63) is 0 Å². The Morgan fingerprint density at radius 2 is 1.87 bits per heavy atom. The van der Waals surface area contributed by atoms with Gasteiger partial charge in [-0.05, 0) is 31.6 Å². The Labute approximate surface area is 157 Å². The van der Waals surface area contributed by atoms with Crippen LogP contribution >= 0.6 is 24.0 Å². The van der Waals surface area contributed by atoms with Crippen LogP contribution < -0.4 is 11.1 Å². The molecule has 0 bridgehead atoms. The van der Waals surface area contributed by atoms with Gasteiger partial charge in [-0.25, -0.2) is 0 Å². The molecule has 0 radical (unpaired) electrons. The lowest BCUT2D eigenvalue weighted by Crippen LogP contribution is -2.41. The molecule has 1 spiro atoms. The van der Waals surface area contributed by atoms with Gasteiger partial charge in [-0.1, -0.05) is 26.2 Å². The van der Waals surface area contributed by atoms with Gasteiger partial charge in [0.1, 0.15) is 6.10 Å². The molecule has 1 aliphatic heterocycles. The molecule has 0 amide bonds. The van der Waals surface area contributed by atoms with Crippen LogP contribution in [0.3, 0.4) is 0 Å². The lowest BCUT2D eigenvalue weighted by Gasteiger charge is -2.34. The molecule has 3 aliphatic rings. The van der Waals surface area contributed by atoms with E-state index in [2.05, 4.69) is 17.2 Å². The van der Waals surface area contributed by atoms with Crippen molar-refractivity contribution < 1.29 is 9.47 Å². The molecular formula is C17H32IN3O2. The molecule has 0 aromatic carbocycles. The van der Waals surface area contributed by atoms with Gasteiger partial charge in [0.15, 0.2) is 11.7 Å². The maximum absolute atomic E-state index is 6.17. The minimum absolute atomic E-state index is 0. The molecule has 0 aromatic rings. The van der Waals surface area contributed by atoms with Crippen LogP contribution in [-0.4, -0.2) is 37.0 Å². The number of hydrogen-bond donors (Lipinski definition) is 2. The fourth-order valence-electron chi connectivity index (χ4n) is 3.87. The Morgan fingerprint density at radius 1 is 1.17 bits per heavy atom. The summed E-state index contributed by atoms with van der Waals surface area (Å²) in [4.78, 5) is 4.47. The largest absolute Gasteiger partial charge is 0.370 e. The van der Waals surface area contributed by atoms with Crippen LogP contribution in [0.5, 0.6) is 0 Å². The molecule has 134 valence electrons. The van der Waals surface area contributed by atoms with E-state index in [1.54, 1.807) is 0 Å². The zero-order chi connectivity index (χ0) is 15.4. The van der Waals surface area contributed by atoms with E-state index < -0.39 is 0 Å². The number of rotatable bonds is 3. The molecule has 2 saturated carbocycles. The molecule has 23 heavy (non-hydrogen) atoms. The predicted octanol–water partition coefficient (Wildman–Crippen LogP) is 3.16. The highest BCUT2D eigenvalue weighted by molar-refractivity contribution is 14.0. The molecule has 1 atom stereocenters. The van der Waals surface area contributed by atoms with Gasteiger partial charge >= 0.3 is 0 Å². The van der Waals surface area contributed by atoms with E-state index in [0.717, 1.165) is 18.8 Å². The molecule has 2 aliphatic carbocycles. The van der Waals surface area contributed by atoms with E-state index in [0.29, 0.717) is 25.2 Å². The van der Waals surface area contributed by atoms with Crippen LogP contribution in [0.4, 0.5) is 0 Å². The summed E-state index contributed by atoms with van der Waals surface area (Å²) in [5.74, 6) is 1.04. The minimum atomic E-state index is -0.321. The van der Waals surface area contributed by atoms with Crippen LogP contribution in [0.2, 0.25) is 0 Å². The van der Waals surface area contributed by atoms with E-state index in [-0.39, 0.29) is 35.9 Å². The van der Waals surface area contributed by atoms with Crippen molar-refractivity contribution in [2.24, 2.45) is 16.6 Å². The smallest absolute Gasteiger partial charge is 0.188 e. The van der Waals surface area contributed by atoms with Gasteiger partial charge in [0, 0.05) is 18.9 Å². The number of ether oxygens (including phenoxy) is 2. The molecule has 1 unspecified atom stereocenters. The van der Waals surface area contributed by atoms with Gasteiger partial charge in [-0.15, -0.1) is 24.0 Å². The monoisotopic (exact) mass is 437 g/mol. The number of nitrogens with one attached hydrogen (secondary N) is 1. The van der Waals surface area contributed by atoms with Crippen molar-refractivity contribution in [3.8, 4) is 0 Å². The van der Waals surface area contributed by atoms with Crippen LogP contribution in [-0.2, 0) is 9.47 Å². The van der Waals surface area contributed by atoms with Crippen molar-refractivity contribution in [2.45, 2.75) is 82.6 Å². The highest BCUT2D eigenvalue weighted by Gasteiger charge is 2.43. The second-order valence-corrected chi connectivity index (χ2v) is 7.35. The van der Waals surface area contributed by atoms with Gasteiger partial charge in [-0.3, -0.25) is 4.99 Å². The quantitative estimate of drug-likeness (QED) is 0.405. The van der Waals surface area contributed by atoms with Gasteiger partial charge in [-0.2, -0.15) is 0 Å². The first-order valence-corrected chi connectivity index (χ1v) is 9.03. The van der Waals surface area contributed by atoms with Crippen molar-refractivity contribution in [1.82, 2.24) is 5.32 Å². The van der Waals surface area contributed by atoms with Crippen LogP contribution in [0.25, 0.3) is 0 Å². The molecule has 3 rings (SSSR count).